The lowest BCUT2D eigenvalue weighted by atomic mass is 10.3. The van der Waals surface area contributed by atoms with Crippen LogP contribution in [0.1, 0.15) is 26.2 Å². The zero-order valence-electron chi connectivity index (χ0n) is 6.79. The minimum absolute atomic E-state index is 0.715. The highest BCUT2D eigenvalue weighted by atomic mass is 16.4. The topological polar surface area (TPSA) is 37.3 Å². The Balaban J connectivity index is 3.33. The molecule has 0 saturated carbocycles. The second-order valence-electron chi connectivity index (χ2n) is 2.24. The summed E-state index contributed by atoms with van der Waals surface area (Å²) in [6.07, 6.45) is 9.76. The van der Waals surface area contributed by atoms with Crippen LogP contribution in [0.25, 0.3) is 0 Å². The van der Waals surface area contributed by atoms with Gasteiger partial charge in [-0.2, -0.15) is 0 Å². The first-order valence-electron chi connectivity index (χ1n) is 3.81. The van der Waals surface area contributed by atoms with Gasteiger partial charge >= 0.3 is 5.97 Å². The molecule has 2 nitrogen and oxygen atoms in total. The van der Waals surface area contributed by atoms with Gasteiger partial charge < -0.3 is 5.11 Å². The van der Waals surface area contributed by atoms with E-state index in [1.165, 1.54) is 0 Å². The average Bonchev–Trinajstić information content (AvgIpc) is 1.96. The zero-order valence-corrected chi connectivity index (χ0v) is 6.79. The summed E-state index contributed by atoms with van der Waals surface area (Å²) in [6, 6.07) is 0. The summed E-state index contributed by atoms with van der Waals surface area (Å²) < 4.78 is 0. The van der Waals surface area contributed by atoms with E-state index in [0.29, 0.717) is 6.42 Å². The summed E-state index contributed by atoms with van der Waals surface area (Å²) in [7, 11) is 0. The van der Waals surface area contributed by atoms with Crippen molar-refractivity contribution < 1.29 is 9.90 Å². The summed E-state index contributed by atoms with van der Waals surface area (Å²) in [5, 5.41) is 8.21. The Morgan fingerprint density at radius 3 is 2.64 bits per heavy atom. The monoisotopic (exact) mass is 154 g/mol. The Hall–Kier alpha value is -1.05. The van der Waals surface area contributed by atoms with Crippen molar-refractivity contribution in [1.82, 2.24) is 0 Å². The molecule has 0 aliphatic carbocycles. The molecule has 0 spiro atoms. The molecule has 0 rings (SSSR count). The van der Waals surface area contributed by atoms with Crippen molar-refractivity contribution in [3.05, 3.63) is 24.3 Å². The van der Waals surface area contributed by atoms with Crippen LogP contribution in [0.3, 0.4) is 0 Å². The van der Waals surface area contributed by atoms with Crippen molar-refractivity contribution in [2.75, 3.05) is 0 Å². The zero-order chi connectivity index (χ0) is 8.53. The summed E-state index contributed by atoms with van der Waals surface area (Å²) in [4.78, 5) is 9.98. The minimum Gasteiger partial charge on any atom is -0.478 e. The van der Waals surface area contributed by atoms with Gasteiger partial charge in [-0.25, -0.2) is 4.79 Å². The molecule has 0 radical (unpaired) electrons. The molecule has 0 aromatic rings. The van der Waals surface area contributed by atoms with E-state index >= 15 is 0 Å². The van der Waals surface area contributed by atoms with Crippen LogP contribution in [0, 0.1) is 0 Å². The first kappa shape index (κ1) is 9.95. The van der Waals surface area contributed by atoms with Crippen molar-refractivity contribution in [3.8, 4) is 0 Å². The molecule has 11 heavy (non-hydrogen) atoms. The van der Waals surface area contributed by atoms with E-state index in [-0.39, 0.29) is 0 Å². The summed E-state index contributed by atoms with van der Waals surface area (Å²) in [5.41, 5.74) is 0. The van der Waals surface area contributed by atoms with E-state index in [9.17, 15) is 4.79 Å². The number of rotatable bonds is 5. The van der Waals surface area contributed by atoms with E-state index in [1.54, 1.807) is 6.08 Å². The standard InChI is InChI=1S/C9H14O2/c1-2-3-4-5-6-7-8-9(10)11/h4-5,7-8H,2-3,6H2,1H3,(H,10,11). The smallest absolute Gasteiger partial charge is 0.327 e. The largest absolute Gasteiger partial charge is 0.478 e. The van der Waals surface area contributed by atoms with Gasteiger partial charge in [0.2, 0.25) is 0 Å². The molecule has 2 heteroatoms. The molecule has 0 aromatic carbocycles. The molecule has 0 saturated heterocycles. The third-order valence-corrected chi connectivity index (χ3v) is 1.15. The van der Waals surface area contributed by atoms with Gasteiger partial charge in [0.25, 0.3) is 0 Å². The van der Waals surface area contributed by atoms with Crippen LogP contribution in [-0.2, 0) is 4.79 Å². The second kappa shape index (κ2) is 7.06. The Bertz CT molecular complexity index is 157. The number of unbranched alkanes of at least 4 members (excludes halogenated alkanes) is 1. The summed E-state index contributed by atoms with van der Waals surface area (Å²) in [6.45, 7) is 2.11. The van der Waals surface area contributed by atoms with Crippen LogP contribution in [0.4, 0.5) is 0 Å². The predicted molar refractivity (Wildman–Crippen MR) is 45.4 cm³/mol. The third kappa shape index (κ3) is 8.95. The maximum Gasteiger partial charge on any atom is 0.327 e. The molecule has 0 bridgehead atoms. The number of aliphatic carboxylic acids is 1. The van der Waals surface area contributed by atoms with Crippen LogP contribution >= 0.6 is 0 Å². The maximum absolute atomic E-state index is 9.98. The van der Waals surface area contributed by atoms with Gasteiger partial charge in [-0.05, 0) is 12.8 Å². The Kier molecular flexibility index (Phi) is 6.39. The number of hydrogen-bond donors (Lipinski definition) is 1. The van der Waals surface area contributed by atoms with Crippen molar-refractivity contribution in [3.63, 3.8) is 0 Å². The van der Waals surface area contributed by atoms with Gasteiger partial charge in [0, 0.05) is 6.08 Å². The van der Waals surface area contributed by atoms with Crippen LogP contribution in [-0.4, -0.2) is 11.1 Å². The molecule has 0 aromatic heterocycles. The van der Waals surface area contributed by atoms with Crippen molar-refractivity contribution in [1.29, 1.82) is 0 Å². The first-order chi connectivity index (χ1) is 5.27. The fourth-order valence-electron chi connectivity index (χ4n) is 0.628. The van der Waals surface area contributed by atoms with Gasteiger partial charge in [0.05, 0.1) is 0 Å². The Labute approximate surface area is 67.2 Å². The highest BCUT2D eigenvalue weighted by Gasteiger charge is 1.81. The number of allylic oxidation sites excluding steroid dienone is 3. The first-order valence-corrected chi connectivity index (χ1v) is 3.81. The molecule has 0 unspecified atom stereocenters. The molecule has 0 aliphatic heterocycles. The molecule has 62 valence electrons. The minimum atomic E-state index is -0.881. The Morgan fingerprint density at radius 1 is 1.36 bits per heavy atom. The third-order valence-electron chi connectivity index (χ3n) is 1.15. The van der Waals surface area contributed by atoms with Gasteiger partial charge in [0.15, 0.2) is 0 Å². The molecule has 1 N–H and O–H groups in total. The fourth-order valence-corrected chi connectivity index (χ4v) is 0.628. The number of hydrogen-bond acceptors (Lipinski definition) is 1. The van der Waals surface area contributed by atoms with E-state index in [2.05, 4.69) is 13.0 Å². The van der Waals surface area contributed by atoms with Crippen molar-refractivity contribution in [2.45, 2.75) is 26.2 Å². The van der Waals surface area contributed by atoms with Crippen LogP contribution in [0.2, 0.25) is 0 Å². The SMILES string of the molecule is CCCC=CCC=CC(=O)O. The molecule has 0 atom stereocenters. The number of carbonyl (C=O) groups is 1. The molecule has 0 amide bonds. The average molecular weight is 154 g/mol. The van der Waals surface area contributed by atoms with Gasteiger partial charge in [-0.3, -0.25) is 0 Å². The summed E-state index contributed by atoms with van der Waals surface area (Å²) in [5.74, 6) is -0.881. The number of carboxylic acids is 1. The van der Waals surface area contributed by atoms with Crippen LogP contribution in [0.15, 0.2) is 24.3 Å². The van der Waals surface area contributed by atoms with Gasteiger partial charge in [0.1, 0.15) is 0 Å². The molecular formula is C9H14O2. The van der Waals surface area contributed by atoms with Crippen molar-refractivity contribution >= 4 is 5.97 Å². The van der Waals surface area contributed by atoms with E-state index in [0.717, 1.165) is 18.9 Å². The van der Waals surface area contributed by atoms with E-state index in [1.807, 2.05) is 6.08 Å². The fraction of sp³-hybridized carbons (Fsp3) is 0.444. The quantitative estimate of drug-likeness (QED) is 0.487. The van der Waals surface area contributed by atoms with Gasteiger partial charge in [-0.15, -0.1) is 0 Å². The molecule has 0 heterocycles. The molecule has 0 aliphatic rings. The highest BCUT2D eigenvalue weighted by Crippen LogP contribution is 1.91. The lowest BCUT2D eigenvalue weighted by Gasteiger charge is -1.82. The van der Waals surface area contributed by atoms with E-state index < -0.39 is 5.97 Å². The highest BCUT2D eigenvalue weighted by molar-refractivity contribution is 5.79. The maximum atomic E-state index is 9.98. The summed E-state index contributed by atoms with van der Waals surface area (Å²) >= 11 is 0. The predicted octanol–water partition coefficient (Wildman–Crippen LogP) is 2.37. The lowest BCUT2D eigenvalue weighted by Crippen LogP contribution is -1.84. The van der Waals surface area contributed by atoms with Gasteiger partial charge in [-0.1, -0.05) is 31.6 Å². The van der Waals surface area contributed by atoms with Crippen LogP contribution < -0.4 is 0 Å². The second-order valence-corrected chi connectivity index (χ2v) is 2.24. The van der Waals surface area contributed by atoms with E-state index in [4.69, 9.17) is 5.11 Å². The normalized spacial score (nSPS) is 11.4. The molecular weight excluding hydrogens is 140 g/mol. The Morgan fingerprint density at radius 2 is 2.09 bits per heavy atom. The van der Waals surface area contributed by atoms with Crippen molar-refractivity contribution in [2.24, 2.45) is 0 Å². The molecule has 0 fully saturated rings. The van der Waals surface area contributed by atoms with Crippen LogP contribution in [0.5, 0.6) is 0 Å². The lowest BCUT2D eigenvalue weighted by molar-refractivity contribution is -0.131. The number of carboxylic acid groups (broad SMARTS) is 1.